The summed E-state index contributed by atoms with van der Waals surface area (Å²) in [6.45, 7) is 3.55. The maximum absolute atomic E-state index is 13.2. The predicted octanol–water partition coefficient (Wildman–Crippen LogP) is 3.70. The zero-order chi connectivity index (χ0) is 15.0. The van der Waals surface area contributed by atoms with Crippen LogP contribution >= 0.6 is 11.3 Å². The number of hydrogen-bond acceptors (Lipinski definition) is 3. The third-order valence-corrected chi connectivity index (χ3v) is 5.08. The Balaban J connectivity index is 1.86. The van der Waals surface area contributed by atoms with Crippen LogP contribution < -0.4 is 0 Å². The molecule has 2 aromatic rings. The molecule has 0 bridgehead atoms. The number of thiophene rings is 1. The lowest BCUT2D eigenvalue weighted by Gasteiger charge is -2.33. The van der Waals surface area contributed by atoms with E-state index in [1.54, 1.807) is 17.4 Å². The average molecular weight is 305 g/mol. The molecule has 0 fully saturated rings. The summed E-state index contributed by atoms with van der Waals surface area (Å²) in [5.74, 6) is -1.59. The molecule has 1 atom stereocenters. The van der Waals surface area contributed by atoms with Crippen molar-refractivity contribution in [2.45, 2.75) is 25.9 Å². The summed E-state index contributed by atoms with van der Waals surface area (Å²) in [6.07, 6.45) is 0.987. The number of halogens is 1. The van der Waals surface area contributed by atoms with E-state index < -0.39 is 11.8 Å². The average Bonchev–Trinajstić information content (AvgIpc) is 2.92. The first-order chi connectivity index (χ1) is 10.1. The van der Waals surface area contributed by atoms with Gasteiger partial charge in [0.2, 0.25) is 0 Å². The Hall–Kier alpha value is -1.72. The van der Waals surface area contributed by atoms with E-state index in [2.05, 4.69) is 23.3 Å². The normalized spacial score (nSPS) is 18.5. The van der Waals surface area contributed by atoms with Crippen LogP contribution in [0.4, 0.5) is 4.39 Å². The SMILES string of the molecule is CC1c2ccsc2CCN1Cc1ccc(F)cc1C(=O)O. The fraction of sp³-hybridized carbons (Fsp3) is 0.312. The molecule has 0 saturated carbocycles. The number of hydrogen-bond donors (Lipinski definition) is 1. The fourth-order valence-corrected chi connectivity index (χ4v) is 3.84. The molecular weight excluding hydrogens is 289 g/mol. The van der Waals surface area contributed by atoms with Crippen molar-refractivity contribution in [3.05, 3.63) is 57.0 Å². The van der Waals surface area contributed by atoms with Gasteiger partial charge in [0.15, 0.2) is 0 Å². The standard InChI is InChI=1S/C16H16FNO2S/c1-10-13-5-7-21-15(13)4-6-18(10)9-11-2-3-12(17)8-14(11)16(19)20/h2-3,5,7-8,10H,4,6,9H2,1H3,(H,19,20). The minimum absolute atomic E-state index is 0.0540. The van der Waals surface area contributed by atoms with Crippen LogP contribution in [0, 0.1) is 5.82 Å². The molecule has 0 aliphatic carbocycles. The third kappa shape index (κ3) is 2.71. The van der Waals surface area contributed by atoms with Crippen LogP contribution in [0.5, 0.6) is 0 Å². The highest BCUT2D eigenvalue weighted by Crippen LogP contribution is 2.34. The largest absolute Gasteiger partial charge is 0.478 e. The Bertz CT molecular complexity index is 683. The van der Waals surface area contributed by atoms with Gasteiger partial charge in [0.05, 0.1) is 5.56 Å². The summed E-state index contributed by atoms with van der Waals surface area (Å²) < 4.78 is 13.2. The van der Waals surface area contributed by atoms with E-state index in [4.69, 9.17) is 0 Å². The summed E-state index contributed by atoms with van der Waals surface area (Å²) >= 11 is 1.78. The van der Waals surface area contributed by atoms with Crippen LogP contribution in [-0.4, -0.2) is 22.5 Å². The molecule has 0 radical (unpaired) electrons. The van der Waals surface area contributed by atoms with E-state index in [1.165, 1.54) is 16.5 Å². The van der Waals surface area contributed by atoms with Crippen LogP contribution in [0.1, 0.15) is 39.3 Å². The molecule has 1 aliphatic heterocycles. The van der Waals surface area contributed by atoms with Gasteiger partial charge in [0.1, 0.15) is 5.82 Å². The Morgan fingerprint density at radius 3 is 3.05 bits per heavy atom. The highest BCUT2D eigenvalue weighted by atomic mass is 32.1. The number of carboxylic acid groups (broad SMARTS) is 1. The molecule has 1 aromatic heterocycles. The summed E-state index contributed by atoms with van der Waals surface area (Å²) in [4.78, 5) is 14.9. The zero-order valence-electron chi connectivity index (χ0n) is 11.7. The second-order valence-electron chi connectivity index (χ2n) is 5.30. The first kappa shape index (κ1) is 14.2. The molecule has 3 nitrogen and oxygen atoms in total. The molecule has 0 saturated heterocycles. The minimum atomic E-state index is -1.08. The number of benzene rings is 1. The lowest BCUT2D eigenvalue weighted by Crippen LogP contribution is -2.33. The van der Waals surface area contributed by atoms with Crippen LogP contribution in [0.25, 0.3) is 0 Å². The smallest absolute Gasteiger partial charge is 0.336 e. The van der Waals surface area contributed by atoms with Gasteiger partial charge in [-0.1, -0.05) is 6.07 Å². The topological polar surface area (TPSA) is 40.5 Å². The maximum atomic E-state index is 13.2. The van der Waals surface area contributed by atoms with Crippen molar-refractivity contribution in [2.75, 3.05) is 6.54 Å². The molecule has 1 N–H and O–H groups in total. The zero-order valence-corrected chi connectivity index (χ0v) is 12.5. The Morgan fingerprint density at radius 1 is 1.48 bits per heavy atom. The lowest BCUT2D eigenvalue weighted by molar-refractivity contribution is 0.0693. The predicted molar refractivity (Wildman–Crippen MR) is 80.2 cm³/mol. The third-order valence-electron chi connectivity index (χ3n) is 4.08. The van der Waals surface area contributed by atoms with E-state index in [1.807, 2.05) is 0 Å². The molecule has 3 rings (SSSR count). The van der Waals surface area contributed by atoms with E-state index in [9.17, 15) is 14.3 Å². The van der Waals surface area contributed by atoms with Gasteiger partial charge >= 0.3 is 5.97 Å². The van der Waals surface area contributed by atoms with Gasteiger partial charge in [-0.2, -0.15) is 0 Å². The van der Waals surface area contributed by atoms with Crippen molar-refractivity contribution in [2.24, 2.45) is 0 Å². The quantitative estimate of drug-likeness (QED) is 0.940. The molecular formula is C16H16FNO2S. The number of nitrogens with zero attached hydrogens (tertiary/aromatic N) is 1. The molecule has 1 aromatic carbocycles. The summed E-state index contributed by atoms with van der Waals surface area (Å²) in [7, 11) is 0. The molecule has 2 heterocycles. The van der Waals surface area contributed by atoms with Gasteiger partial charge in [0, 0.05) is 24.0 Å². The first-order valence-electron chi connectivity index (χ1n) is 6.88. The number of rotatable bonds is 3. The van der Waals surface area contributed by atoms with Crippen molar-refractivity contribution in [3.63, 3.8) is 0 Å². The minimum Gasteiger partial charge on any atom is -0.478 e. The Labute approximate surface area is 126 Å². The Kier molecular flexibility index (Phi) is 3.78. The van der Waals surface area contributed by atoms with Crippen molar-refractivity contribution >= 4 is 17.3 Å². The number of fused-ring (bicyclic) bond motifs is 1. The molecule has 0 spiro atoms. The van der Waals surface area contributed by atoms with E-state index in [-0.39, 0.29) is 11.6 Å². The molecule has 21 heavy (non-hydrogen) atoms. The number of carboxylic acids is 1. The molecule has 1 unspecified atom stereocenters. The highest BCUT2D eigenvalue weighted by molar-refractivity contribution is 7.10. The number of carbonyl (C=O) groups is 1. The van der Waals surface area contributed by atoms with Crippen molar-refractivity contribution in [1.29, 1.82) is 0 Å². The van der Waals surface area contributed by atoms with Crippen LogP contribution in [-0.2, 0) is 13.0 Å². The monoisotopic (exact) mass is 305 g/mol. The van der Waals surface area contributed by atoms with Gasteiger partial charge < -0.3 is 5.11 Å². The van der Waals surface area contributed by atoms with Crippen LogP contribution in [0.3, 0.4) is 0 Å². The van der Waals surface area contributed by atoms with Gasteiger partial charge in [-0.3, -0.25) is 4.90 Å². The number of aromatic carboxylic acids is 1. The molecule has 110 valence electrons. The molecule has 0 amide bonds. The lowest BCUT2D eigenvalue weighted by atomic mass is 9.99. The highest BCUT2D eigenvalue weighted by Gasteiger charge is 2.25. The fourth-order valence-electron chi connectivity index (χ4n) is 2.88. The van der Waals surface area contributed by atoms with Crippen LogP contribution in [0.2, 0.25) is 0 Å². The van der Waals surface area contributed by atoms with Gasteiger partial charge in [-0.05, 0) is 48.1 Å². The van der Waals surface area contributed by atoms with Crippen molar-refractivity contribution in [3.8, 4) is 0 Å². The first-order valence-corrected chi connectivity index (χ1v) is 7.76. The van der Waals surface area contributed by atoms with Gasteiger partial charge in [-0.15, -0.1) is 11.3 Å². The second kappa shape index (κ2) is 5.58. The summed E-state index contributed by atoms with van der Waals surface area (Å²) in [5, 5.41) is 11.3. The van der Waals surface area contributed by atoms with E-state index >= 15 is 0 Å². The second-order valence-corrected chi connectivity index (χ2v) is 6.30. The molecule has 1 aliphatic rings. The summed E-state index contributed by atoms with van der Waals surface area (Å²) in [6, 6.07) is 6.40. The van der Waals surface area contributed by atoms with Crippen molar-refractivity contribution in [1.82, 2.24) is 4.90 Å². The van der Waals surface area contributed by atoms with E-state index in [0.29, 0.717) is 12.1 Å². The van der Waals surface area contributed by atoms with E-state index in [0.717, 1.165) is 19.0 Å². The van der Waals surface area contributed by atoms with Gasteiger partial charge in [-0.25, -0.2) is 9.18 Å². The maximum Gasteiger partial charge on any atom is 0.336 e. The van der Waals surface area contributed by atoms with Crippen molar-refractivity contribution < 1.29 is 14.3 Å². The van der Waals surface area contributed by atoms with Crippen LogP contribution in [0.15, 0.2) is 29.6 Å². The molecule has 5 heteroatoms. The Morgan fingerprint density at radius 2 is 2.29 bits per heavy atom. The summed E-state index contributed by atoms with van der Waals surface area (Å²) in [5.41, 5.74) is 2.04. The van der Waals surface area contributed by atoms with Gasteiger partial charge in [0.25, 0.3) is 0 Å².